The Morgan fingerprint density at radius 2 is 1.55 bits per heavy atom. The molecule has 4 fully saturated rings. The molecule has 0 spiro atoms. The van der Waals surface area contributed by atoms with Gasteiger partial charge in [-0.1, -0.05) is 42.5 Å². The lowest BCUT2D eigenvalue weighted by molar-refractivity contribution is -0.220. The zero-order valence-electron chi connectivity index (χ0n) is 11.9. The molecule has 0 radical (unpaired) electrons. The van der Waals surface area contributed by atoms with Crippen molar-refractivity contribution in [3.63, 3.8) is 0 Å². The third kappa shape index (κ3) is 1.47. The summed E-state index contributed by atoms with van der Waals surface area (Å²) in [5, 5.41) is 5.55. The maximum absolute atomic E-state index is 2.78. The third-order valence-electron chi connectivity index (χ3n) is 5.99. The smallest absolute Gasteiger partial charge is 0.0430 e. The lowest BCUT2D eigenvalue weighted by Gasteiger charge is -2.64. The van der Waals surface area contributed by atoms with Crippen molar-refractivity contribution < 1.29 is 0 Å². The van der Waals surface area contributed by atoms with Crippen molar-refractivity contribution in [2.24, 2.45) is 0 Å². The van der Waals surface area contributed by atoms with E-state index < -0.39 is 0 Å². The van der Waals surface area contributed by atoms with Crippen molar-refractivity contribution in [1.29, 1.82) is 0 Å². The number of hydrazine groups is 1. The van der Waals surface area contributed by atoms with Gasteiger partial charge in [0, 0.05) is 30.1 Å². The Morgan fingerprint density at radius 1 is 0.800 bits per heavy atom. The summed E-state index contributed by atoms with van der Waals surface area (Å²) in [5.41, 5.74) is 1.56. The van der Waals surface area contributed by atoms with Crippen LogP contribution in [0.1, 0.15) is 43.6 Å². The molecule has 7 atom stereocenters. The van der Waals surface area contributed by atoms with E-state index >= 15 is 0 Å². The van der Waals surface area contributed by atoms with Crippen LogP contribution in [0.5, 0.6) is 0 Å². The predicted octanol–water partition coefficient (Wildman–Crippen LogP) is 3.32. The van der Waals surface area contributed by atoms with Crippen molar-refractivity contribution >= 4 is 0 Å². The summed E-state index contributed by atoms with van der Waals surface area (Å²) in [6, 6.07) is 14.1. The van der Waals surface area contributed by atoms with Gasteiger partial charge in [0.1, 0.15) is 0 Å². The first kappa shape index (κ1) is 11.5. The quantitative estimate of drug-likeness (QED) is 0.719. The van der Waals surface area contributed by atoms with Gasteiger partial charge >= 0.3 is 0 Å². The van der Waals surface area contributed by atoms with Crippen molar-refractivity contribution in [3.8, 4) is 0 Å². The highest BCUT2D eigenvalue weighted by Gasteiger charge is 2.52. The lowest BCUT2D eigenvalue weighted by Crippen LogP contribution is -2.72. The molecule has 104 valence electrons. The van der Waals surface area contributed by atoms with Crippen LogP contribution in [0.25, 0.3) is 0 Å². The van der Waals surface area contributed by atoms with E-state index in [1.54, 1.807) is 5.56 Å². The van der Waals surface area contributed by atoms with Gasteiger partial charge in [0.15, 0.2) is 0 Å². The van der Waals surface area contributed by atoms with Gasteiger partial charge < -0.3 is 0 Å². The summed E-state index contributed by atoms with van der Waals surface area (Å²) >= 11 is 0. The summed E-state index contributed by atoms with van der Waals surface area (Å²) in [7, 11) is 0. The minimum Gasteiger partial charge on any atom is -0.231 e. The van der Waals surface area contributed by atoms with E-state index in [1.165, 1.54) is 32.1 Å². The molecule has 0 N–H and O–H groups in total. The van der Waals surface area contributed by atoms with Gasteiger partial charge in [0.05, 0.1) is 0 Å². The summed E-state index contributed by atoms with van der Waals surface area (Å²) in [4.78, 5) is 0. The number of fused-ring (bicyclic) bond motifs is 3. The third-order valence-corrected chi connectivity index (χ3v) is 5.99. The van der Waals surface area contributed by atoms with Crippen molar-refractivity contribution in [1.82, 2.24) is 10.0 Å². The topological polar surface area (TPSA) is 6.48 Å². The molecule has 4 heterocycles. The Kier molecular flexibility index (Phi) is 2.41. The first-order valence-corrected chi connectivity index (χ1v) is 8.21. The molecule has 2 nitrogen and oxygen atoms in total. The van der Waals surface area contributed by atoms with Gasteiger partial charge in [0.25, 0.3) is 0 Å². The molecule has 0 amide bonds. The molecule has 0 aromatic heterocycles. The first-order valence-electron chi connectivity index (χ1n) is 8.21. The maximum Gasteiger partial charge on any atom is 0.0430 e. The van der Waals surface area contributed by atoms with Gasteiger partial charge in [-0.3, -0.25) is 0 Å². The Labute approximate surface area is 121 Å². The lowest BCUT2D eigenvalue weighted by atomic mass is 9.72. The maximum atomic E-state index is 2.78. The second kappa shape index (κ2) is 4.19. The standard InChI is InChI=1S/C18H22N2/c1-2-4-13(5-3-1)17-12-16-10-11-18(17)20-15-8-6-14(7-9-15)19(16)20/h1-6,8,14-18H,7,9-12H2/t14-,15+,16-,17-,18+/m0/s1. The molecule has 1 saturated carbocycles. The number of hydrogen-bond donors (Lipinski definition) is 0. The molecular formula is C18H22N2. The predicted molar refractivity (Wildman–Crippen MR) is 80.2 cm³/mol. The molecular weight excluding hydrogens is 244 g/mol. The van der Waals surface area contributed by atoms with Crippen LogP contribution in [0.2, 0.25) is 0 Å². The van der Waals surface area contributed by atoms with E-state index in [-0.39, 0.29) is 0 Å². The van der Waals surface area contributed by atoms with Crippen LogP contribution in [0.4, 0.5) is 0 Å². The molecule has 2 unspecified atom stereocenters. The van der Waals surface area contributed by atoms with E-state index in [4.69, 9.17) is 0 Å². The average Bonchev–Trinajstić information content (AvgIpc) is 2.57. The van der Waals surface area contributed by atoms with Crippen LogP contribution in [-0.4, -0.2) is 34.2 Å². The summed E-state index contributed by atoms with van der Waals surface area (Å²) in [6.07, 6.45) is 11.8. The second-order valence-corrected chi connectivity index (χ2v) is 6.91. The highest BCUT2D eigenvalue weighted by molar-refractivity contribution is 5.26. The molecule has 6 aliphatic rings. The number of nitrogens with zero attached hydrogens (tertiary/aromatic N) is 2. The van der Waals surface area contributed by atoms with Gasteiger partial charge in [-0.2, -0.15) is 0 Å². The summed E-state index contributed by atoms with van der Waals surface area (Å²) in [6.45, 7) is 0. The molecule has 3 saturated heterocycles. The molecule has 4 bridgehead atoms. The SMILES string of the molecule is C1=C[C@H]2CC[C@@H]1N1[C@@H]3CC[C@@H](C[C@H]3c3ccccc3)N21. The summed E-state index contributed by atoms with van der Waals surface area (Å²) in [5.74, 6) is 0.749. The normalized spacial score (nSPS) is 48.3. The van der Waals surface area contributed by atoms with Crippen LogP contribution >= 0.6 is 0 Å². The first-order chi connectivity index (χ1) is 9.92. The molecule has 2 heteroatoms. The Bertz CT molecular complexity index is 538. The van der Waals surface area contributed by atoms with E-state index in [1.807, 2.05) is 0 Å². The Morgan fingerprint density at radius 3 is 2.30 bits per heavy atom. The van der Waals surface area contributed by atoms with Gasteiger partial charge in [-0.25, -0.2) is 10.0 Å². The van der Waals surface area contributed by atoms with Crippen LogP contribution in [0, 0.1) is 0 Å². The van der Waals surface area contributed by atoms with Gasteiger partial charge in [-0.15, -0.1) is 0 Å². The number of hydrogen-bond acceptors (Lipinski definition) is 2. The zero-order valence-corrected chi connectivity index (χ0v) is 11.9. The van der Waals surface area contributed by atoms with Crippen LogP contribution in [-0.2, 0) is 0 Å². The molecule has 1 aromatic rings. The van der Waals surface area contributed by atoms with Gasteiger partial charge in [-0.05, 0) is 37.7 Å². The monoisotopic (exact) mass is 266 g/mol. The van der Waals surface area contributed by atoms with Crippen molar-refractivity contribution in [2.45, 2.75) is 62.2 Å². The molecule has 1 aromatic carbocycles. The summed E-state index contributed by atoms with van der Waals surface area (Å²) < 4.78 is 0. The van der Waals surface area contributed by atoms with Crippen molar-refractivity contribution in [2.75, 3.05) is 0 Å². The highest BCUT2D eigenvalue weighted by atomic mass is 15.7. The van der Waals surface area contributed by atoms with E-state index in [2.05, 4.69) is 52.5 Å². The number of rotatable bonds is 1. The van der Waals surface area contributed by atoms with E-state index in [9.17, 15) is 0 Å². The van der Waals surface area contributed by atoms with E-state index in [0.717, 1.165) is 18.0 Å². The molecule has 4 aliphatic heterocycles. The Hall–Kier alpha value is -1.12. The molecule has 2 aliphatic carbocycles. The average molecular weight is 266 g/mol. The van der Waals surface area contributed by atoms with Crippen LogP contribution in [0.3, 0.4) is 0 Å². The largest absolute Gasteiger partial charge is 0.231 e. The fraction of sp³-hybridized carbons (Fsp3) is 0.556. The second-order valence-electron chi connectivity index (χ2n) is 6.91. The Balaban J connectivity index is 1.54. The molecule has 7 rings (SSSR count). The number of benzene rings is 1. The van der Waals surface area contributed by atoms with Gasteiger partial charge in [0.2, 0.25) is 0 Å². The van der Waals surface area contributed by atoms with Crippen molar-refractivity contribution in [3.05, 3.63) is 48.0 Å². The highest BCUT2D eigenvalue weighted by Crippen LogP contribution is 2.49. The fourth-order valence-electron chi connectivity index (χ4n) is 5.20. The van der Waals surface area contributed by atoms with Crippen LogP contribution in [0.15, 0.2) is 42.5 Å². The minimum absolute atomic E-state index is 0.680. The fourth-order valence-corrected chi connectivity index (χ4v) is 5.20. The molecule has 20 heavy (non-hydrogen) atoms. The van der Waals surface area contributed by atoms with Crippen LogP contribution < -0.4 is 0 Å². The van der Waals surface area contributed by atoms with E-state index in [0.29, 0.717) is 12.1 Å². The minimum atomic E-state index is 0.680. The zero-order chi connectivity index (χ0) is 13.1.